The van der Waals surface area contributed by atoms with Crippen molar-refractivity contribution in [1.29, 1.82) is 0 Å². The highest BCUT2D eigenvalue weighted by atomic mass is 16.3. The van der Waals surface area contributed by atoms with Gasteiger partial charge in [-0.25, -0.2) is 0 Å². The maximum atomic E-state index is 7.37. The minimum Gasteiger partial charge on any atom is -0.454 e. The Morgan fingerprint density at radius 1 is 0.456 bits per heavy atom. The van der Waals surface area contributed by atoms with Gasteiger partial charge in [-0.2, -0.15) is 0 Å². The molecular formula is C65H50N2O. The van der Waals surface area contributed by atoms with Crippen LogP contribution in [0.5, 0.6) is 0 Å². The highest BCUT2D eigenvalue weighted by Gasteiger charge is 2.53. The molecule has 3 aliphatic rings. The van der Waals surface area contributed by atoms with Crippen molar-refractivity contribution in [3.05, 3.63) is 239 Å². The number of nitrogens with zero attached hydrogens (tertiary/aromatic N) is 2. The third kappa shape index (κ3) is 5.47. The Hall–Kier alpha value is -7.88. The fourth-order valence-electron chi connectivity index (χ4n) is 13.0. The van der Waals surface area contributed by atoms with Crippen LogP contribution in [0.1, 0.15) is 77.0 Å². The average molecular weight is 875 g/mol. The van der Waals surface area contributed by atoms with E-state index in [2.05, 4.69) is 224 Å². The molecule has 0 unspecified atom stereocenters. The summed E-state index contributed by atoms with van der Waals surface area (Å²) in [6.45, 7) is 4.46. The average Bonchev–Trinajstić information content (AvgIpc) is 3.93. The number of benzene rings is 10. The highest BCUT2D eigenvalue weighted by Crippen LogP contribution is 2.66. The van der Waals surface area contributed by atoms with Crippen LogP contribution in [-0.4, -0.2) is 0 Å². The molecule has 68 heavy (non-hydrogen) atoms. The smallest absolute Gasteiger partial charge is 0.159 e. The summed E-state index contributed by atoms with van der Waals surface area (Å²) in [6, 6.07) is 75.3. The van der Waals surface area contributed by atoms with Crippen molar-refractivity contribution < 1.29 is 4.42 Å². The van der Waals surface area contributed by atoms with Gasteiger partial charge in [0, 0.05) is 27.5 Å². The molecule has 14 rings (SSSR count). The number of hydrogen-bond acceptors (Lipinski definition) is 3. The number of furan rings is 1. The quantitative estimate of drug-likeness (QED) is 0.172. The molecule has 326 valence electrons. The van der Waals surface area contributed by atoms with Gasteiger partial charge in [0.1, 0.15) is 5.58 Å². The number of hydrogen-bond donors (Lipinski definition) is 0. The first-order chi connectivity index (χ1) is 33.6. The molecule has 1 fully saturated rings. The van der Waals surface area contributed by atoms with E-state index >= 15 is 0 Å². The zero-order valence-electron chi connectivity index (χ0n) is 38.5. The maximum Gasteiger partial charge on any atom is 0.159 e. The van der Waals surface area contributed by atoms with Gasteiger partial charge in [-0.3, -0.25) is 0 Å². The molecular weight excluding hydrogens is 825 g/mol. The van der Waals surface area contributed by atoms with E-state index in [9.17, 15) is 0 Å². The molecule has 10 aromatic carbocycles. The molecule has 3 heteroatoms. The van der Waals surface area contributed by atoms with Crippen molar-refractivity contribution in [2.45, 2.75) is 57.3 Å². The molecule has 1 spiro atoms. The maximum absolute atomic E-state index is 7.37. The summed E-state index contributed by atoms with van der Waals surface area (Å²) < 4.78 is 7.37. The molecule has 2 heterocycles. The summed E-state index contributed by atoms with van der Waals surface area (Å²) in [5.41, 5.74) is 19.7. The second-order valence-corrected chi connectivity index (χ2v) is 19.5. The predicted octanol–water partition coefficient (Wildman–Crippen LogP) is 18.2. The van der Waals surface area contributed by atoms with Crippen LogP contribution in [0.15, 0.2) is 205 Å². The first-order valence-electron chi connectivity index (χ1n) is 24.5. The third-order valence-electron chi connectivity index (χ3n) is 15.8. The monoisotopic (exact) mass is 874 g/mol. The largest absolute Gasteiger partial charge is 0.454 e. The Kier molecular flexibility index (Phi) is 8.71. The lowest BCUT2D eigenvalue weighted by Crippen LogP contribution is -2.36. The van der Waals surface area contributed by atoms with Crippen molar-refractivity contribution in [3.63, 3.8) is 0 Å². The Labute approximate surface area is 397 Å². The van der Waals surface area contributed by atoms with E-state index in [1.165, 1.54) is 120 Å². The summed E-state index contributed by atoms with van der Waals surface area (Å²) in [7, 11) is 0. The molecule has 0 radical (unpaired) electrons. The second-order valence-electron chi connectivity index (χ2n) is 19.5. The normalized spacial score (nSPS) is 14.9. The lowest BCUT2D eigenvalue weighted by atomic mass is 9.64. The van der Waals surface area contributed by atoms with E-state index in [0.29, 0.717) is 5.92 Å². The SMILES string of the molecule is Cc1ccc(N(c2cc3c(c4ccccc24)-c2c(ccc4ccccc24)C32c3ccccc3N(c3ccccc3)c3ccccc32)c2cccc3c2oc2c(C4CCCCC4)cccc23)c(C)c1. The van der Waals surface area contributed by atoms with Gasteiger partial charge < -0.3 is 14.2 Å². The van der Waals surface area contributed by atoms with E-state index in [1.54, 1.807) is 0 Å². The van der Waals surface area contributed by atoms with E-state index < -0.39 is 5.41 Å². The fraction of sp³-hybridized carbons (Fsp3) is 0.138. The topological polar surface area (TPSA) is 19.6 Å². The van der Waals surface area contributed by atoms with Crippen LogP contribution in [0, 0.1) is 13.8 Å². The van der Waals surface area contributed by atoms with Crippen LogP contribution >= 0.6 is 0 Å². The molecule has 0 saturated heterocycles. The lowest BCUT2D eigenvalue weighted by Gasteiger charge is -2.45. The first kappa shape index (κ1) is 39.3. The Morgan fingerprint density at radius 2 is 1.09 bits per heavy atom. The van der Waals surface area contributed by atoms with Gasteiger partial charge in [-0.05, 0) is 136 Å². The van der Waals surface area contributed by atoms with Crippen molar-refractivity contribution in [2.75, 3.05) is 9.80 Å². The number of aryl methyl sites for hydroxylation is 2. The molecule has 11 aromatic rings. The summed E-state index contributed by atoms with van der Waals surface area (Å²) in [5, 5.41) is 7.30. The minimum absolute atomic E-state index is 0.514. The van der Waals surface area contributed by atoms with Crippen LogP contribution < -0.4 is 9.80 Å². The molecule has 3 nitrogen and oxygen atoms in total. The first-order valence-corrected chi connectivity index (χ1v) is 24.5. The number of anilines is 6. The molecule has 0 atom stereocenters. The Bertz CT molecular complexity index is 3790. The van der Waals surface area contributed by atoms with Gasteiger partial charge in [-0.1, -0.05) is 183 Å². The molecule has 0 bridgehead atoms. The third-order valence-corrected chi connectivity index (χ3v) is 15.8. The van der Waals surface area contributed by atoms with Gasteiger partial charge in [0.05, 0.1) is 28.2 Å². The van der Waals surface area contributed by atoms with E-state index in [4.69, 9.17) is 4.42 Å². The van der Waals surface area contributed by atoms with Crippen LogP contribution in [0.3, 0.4) is 0 Å². The predicted molar refractivity (Wildman–Crippen MR) is 284 cm³/mol. The van der Waals surface area contributed by atoms with Crippen LogP contribution in [0.4, 0.5) is 34.1 Å². The lowest BCUT2D eigenvalue weighted by molar-refractivity contribution is 0.442. The van der Waals surface area contributed by atoms with Gasteiger partial charge in [0.2, 0.25) is 0 Å². The highest BCUT2D eigenvalue weighted by molar-refractivity contribution is 6.18. The second kappa shape index (κ2) is 15.1. The van der Waals surface area contributed by atoms with Crippen molar-refractivity contribution >= 4 is 77.6 Å². The van der Waals surface area contributed by atoms with Crippen molar-refractivity contribution in [3.8, 4) is 11.1 Å². The molecule has 0 amide bonds. The number of para-hydroxylation sites is 5. The summed E-state index contributed by atoms with van der Waals surface area (Å²) >= 11 is 0. The van der Waals surface area contributed by atoms with Gasteiger partial charge >= 0.3 is 0 Å². The van der Waals surface area contributed by atoms with E-state index in [0.717, 1.165) is 39.3 Å². The zero-order valence-corrected chi connectivity index (χ0v) is 38.5. The zero-order chi connectivity index (χ0) is 45.1. The molecule has 1 saturated carbocycles. The van der Waals surface area contributed by atoms with Gasteiger partial charge in [-0.15, -0.1) is 0 Å². The molecule has 1 aromatic heterocycles. The van der Waals surface area contributed by atoms with Gasteiger partial charge in [0.15, 0.2) is 5.58 Å². The van der Waals surface area contributed by atoms with E-state index in [-0.39, 0.29) is 0 Å². The van der Waals surface area contributed by atoms with Crippen LogP contribution in [-0.2, 0) is 5.41 Å². The van der Waals surface area contributed by atoms with E-state index in [1.807, 2.05) is 0 Å². The summed E-state index contributed by atoms with van der Waals surface area (Å²) in [4.78, 5) is 5.01. The summed E-state index contributed by atoms with van der Waals surface area (Å²) in [6.07, 6.45) is 6.31. The van der Waals surface area contributed by atoms with Gasteiger partial charge in [0.25, 0.3) is 0 Å². The number of rotatable bonds is 5. The summed E-state index contributed by atoms with van der Waals surface area (Å²) in [5.74, 6) is 0.514. The molecule has 1 aliphatic heterocycles. The Balaban J connectivity index is 1.13. The van der Waals surface area contributed by atoms with Crippen LogP contribution in [0.2, 0.25) is 0 Å². The van der Waals surface area contributed by atoms with Crippen LogP contribution in [0.25, 0.3) is 54.6 Å². The molecule has 2 aliphatic carbocycles. The van der Waals surface area contributed by atoms with Crippen molar-refractivity contribution in [2.24, 2.45) is 0 Å². The minimum atomic E-state index is -0.666. The van der Waals surface area contributed by atoms with Crippen molar-refractivity contribution in [1.82, 2.24) is 0 Å². The standard InChI is InChI=1S/C65H50N2O/c1-41-35-38-56(42(2)39-41)67(59-34-18-29-51-50-28-17-27-47(63(50)68-64(51)59)43-19-5-3-6-20-43)60-40-55-62(49-26-12-11-25-48(49)60)61-46-24-10-9-21-44(46)36-37-54(61)65(55)52-30-13-15-32-57(52)66(45-22-7-4-8-23-45)58-33-16-14-31-53(58)65/h4,7-18,21-40,43H,3,5-6,19-20H2,1-2H3. The molecule has 0 N–H and O–H groups in total. The fourth-order valence-corrected chi connectivity index (χ4v) is 13.0. The Morgan fingerprint density at radius 3 is 1.85 bits per heavy atom. The number of fused-ring (bicyclic) bond motifs is 16.